The number of benzene rings is 4. The van der Waals surface area contributed by atoms with Gasteiger partial charge in [-0.05, 0) is 178 Å². The van der Waals surface area contributed by atoms with Crippen LogP contribution in [0.1, 0.15) is 69.4 Å². The van der Waals surface area contributed by atoms with E-state index in [4.69, 9.17) is 18.9 Å². The molecule has 9 aromatic rings. The van der Waals surface area contributed by atoms with E-state index in [0.29, 0.717) is 55.4 Å². The summed E-state index contributed by atoms with van der Waals surface area (Å²) >= 11 is 2.24. The van der Waals surface area contributed by atoms with Crippen molar-refractivity contribution in [2.45, 2.75) is 32.8 Å². The Morgan fingerprint density at radius 2 is 0.875 bits per heavy atom. The first-order chi connectivity index (χ1) is 39.0. The first-order valence-electron chi connectivity index (χ1n) is 24.9. The maximum atomic E-state index is 12.6. The number of amides is 4. The highest BCUT2D eigenvalue weighted by molar-refractivity contribution is 14.1. The molecule has 4 amide bonds. The number of methoxy groups -OCH3 is 3. The summed E-state index contributed by atoms with van der Waals surface area (Å²) in [6.07, 6.45) is 15.3. The Bertz CT molecular complexity index is 3620. The van der Waals surface area contributed by atoms with Crippen LogP contribution in [0.3, 0.4) is 0 Å². The third-order valence-electron chi connectivity index (χ3n) is 12.9. The van der Waals surface area contributed by atoms with E-state index in [1.807, 2.05) is 91.0 Å². The molecule has 402 valence electrons. The molecule has 5 aromatic heterocycles. The van der Waals surface area contributed by atoms with Crippen LogP contribution in [0.2, 0.25) is 0 Å². The van der Waals surface area contributed by atoms with Crippen LogP contribution >= 0.6 is 22.6 Å². The maximum absolute atomic E-state index is 12.6. The summed E-state index contributed by atoms with van der Waals surface area (Å²) in [6, 6.07) is 39.9. The number of phenols is 1. The predicted molar refractivity (Wildman–Crippen MR) is 308 cm³/mol. The number of phenolic OH excluding ortho intramolecular Hbond substituents is 1. The highest BCUT2D eigenvalue weighted by Gasteiger charge is 2.31. The van der Waals surface area contributed by atoms with Crippen molar-refractivity contribution in [2.75, 3.05) is 36.0 Å². The van der Waals surface area contributed by atoms with Crippen molar-refractivity contribution >= 4 is 63.3 Å². The molecule has 0 radical (unpaired) electrons. The van der Waals surface area contributed by atoms with Crippen molar-refractivity contribution in [1.82, 2.24) is 30.2 Å². The van der Waals surface area contributed by atoms with Crippen LogP contribution in [-0.4, -0.2) is 75.0 Å². The molecule has 4 aromatic carbocycles. The number of pyridine rings is 5. The van der Waals surface area contributed by atoms with E-state index >= 15 is 0 Å². The fourth-order valence-electron chi connectivity index (χ4n) is 8.76. The number of aromatic hydroxyl groups is 1. The summed E-state index contributed by atoms with van der Waals surface area (Å²) in [7, 11) is 4.85. The molecule has 4 aliphatic heterocycles. The SMILES string of the molecule is COc1ccc(COc2ccc3c(c2)CN(c2ccncc2)C3=O)nc1.COc1ccc2c(c1)CN(c1ccncc1)C2=O.COc1ccc2c(c1)CNC2=O.Ic1ccncc1.O=C1c2ccc(O)cc2CN1c1ccncc1. The predicted octanol–water partition coefficient (Wildman–Crippen LogP) is 10.0. The molecule has 0 unspecified atom stereocenters. The van der Waals surface area contributed by atoms with E-state index in [2.05, 4.69) is 52.8 Å². The monoisotopic (exact) mass is 1180 g/mol. The van der Waals surface area contributed by atoms with Crippen LogP contribution in [0, 0.1) is 3.57 Å². The molecule has 13 rings (SSSR count). The Balaban J connectivity index is 0.000000127. The third-order valence-corrected chi connectivity index (χ3v) is 13.6. The minimum atomic E-state index is -0.0359. The summed E-state index contributed by atoms with van der Waals surface area (Å²) in [5, 5.41) is 12.1. The second-order valence-corrected chi connectivity index (χ2v) is 19.1. The van der Waals surface area contributed by atoms with Gasteiger partial charge in [-0.2, -0.15) is 0 Å². The molecule has 18 nitrogen and oxygen atoms in total. The molecule has 0 saturated carbocycles. The van der Waals surface area contributed by atoms with Gasteiger partial charge in [0, 0.05) is 99.0 Å². The second kappa shape index (κ2) is 26.1. The molecular formula is C61H52IN9O9. The highest BCUT2D eigenvalue weighted by atomic mass is 127. The Kier molecular flexibility index (Phi) is 17.9. The summed E-state index contributed by atoms with van der Waals surface area (Å²) in [4.78, 5) is 73.3. The topological polar surface area (TPSA) is 212 Å². The van der Waals surface area contributed by atoms with Crippen LogP contribution < -0.4 is 39.0 Å². The fourth-order valence-corrected chi connectivity index (χ4v) is 9.08. The van der Waals surface area contributed by atoms with Gasteiger partial charge in [-0.15, -0.1) is 0 Å². The summed E-state index contributed by atoms with van der Waals surface area (Å²) in [6.45, 7) is 2.56. The number of hydrogen-bond donors (Lipinski definition) is 2. The molecular weight excluding hydrogens is 1130 g/mol. The van der Waals surface area contributed by atoms with Gasteiger partial charge in [0.25, 0.3) is 23.6 Å². The first-order valence-corrected chi connectivity index (χ1v) is 26.0. The van der Waals surface area contributed by atoms with Crippen molar-refractivity contribution in [3.05, 3.63) is 243 Å². The molecule has 0 fully saturated rings. The molecule has 0 saturated heterocycles. The molecule has 9 heterocycles. The summed E-state index contributed by atoms with van der Waals surface area (Å²) in [5.41, 5.74) is 10.0. The number of nitrogens with one attached hydrogen (secondary N) is 1. The number of fused-ring (bicyclic) bond motifs is 4. The first kappa shape index (κ1) is 55.0. The molecule has 19 heteroatoms. The summed E-state index contributed by atoms with van der Waals surface area (Å²) < 4.78 is 22.4. The number of halogens is 1. The van der Waals surface area contributed by atoms with Crippen molar-refractivity contribution < 1.29 is 43.2 Å². The number of nitrogens with zero attached hydrogens (tertiary/aromatic N) is 8. The average molecular weight is 1180 g/mol. The van der Waals surface area contributed by atoms with E-state index in [1.54, 1.807) is 128 Å². The number of hydrogen-bond acceptors (Lipinski definition) is 14. The lowest BCUT2D eigenvalue weighted by Gasteiger charge is -2.14. The van der Waals surface area contributed by atoms with Gasteiger partial charge >= 0.3 is 0 Å². The van der Waals surface area contributed by atoms with Gasteiger partial charge in [0.2, 0.25) is 0 Å². The van der Waals surface area contributed by atoms with Crippen molar-refractivity contribution in [3.63, 3.8) is 0 Å². The number of carbonyl (C=O) groups excluding carboxylic acids is 4. The lowest BCUT2D eigenvalue weighted by Crippen LogP contribution is -2.22. The third kappa shape index (κ3) is 13.3. The van der Waals surface area contributed by atoms with Crippen LogP contribution in [-0.2, 0) is 32.8 Å². The zero-order valence-corrected chi connectivity index (χ0v) is 45.8. The second-order valence-electron chi connectivity index (χ2n) is 17.8. The smallest absolute Gasteiger partial charge is 0.258 e. The number of ether oxygens (including phenoxy) is 4. The number of rotatable bonds is 9. The van der Waals surface area contributed by atoms with Crippen LogP contribution in [0.4, 0.5) is 17.1 Å². The largest absolute Gasteiger partial charge is 0.508 e. The Morgan fingerprint density at radius 3 is 1.31 bits per heavy atom. The Labute approximate surface area is 474 Å². The average Bonchev–Trinajstić information content (AvgIpc) is 4.29. The maximum Gasteiger partial charge on any atom is 0.258 e. The van der Waals surface area contributed by atoms with Crippen LogP contribution in [0.15, 0.2) is 189 Å². The molecule has 4 aliphatic rings. The van der Waals surface area contributed by atoms with Crippen molar-refractivity contribution in [1.29, 1.82) is 0 Å². The summed E-state index contributed by atoms with van der Waals surface area (Å²) in [5.74, 6) is 3.18. The number of aromatic nitrogens is 5. The molecule has 0 bridgehead atoms. The standard InChI is InChI=1S/C20H17N3O3.C14H12N2O2.C13H10N2O2.C9H9NO2.C5H4IN/c1-25-18-3-2-15(22-11-18)13-26-17-4-5-19-14(10-17)12-23(20(19)24)16-6-8-21-9-7-16;1-18-12-2-3-13-10(8-12)9-16(14(13)17)11-4-6-15-7-5-11;16-11-1-2-12-9(7-11)8-15(13(12)17)10-3-5-14-6-4-10;1-12-7-2-3-8-6(4-7)5-10-9(8)11;6-5-1-3-7-4-2-5/h2-11H,12-13H2,1H3;2-8H,9H2,1H3;1-7,16H,8H2;2-4H,5H2,1H3,(H,10,11);1-4H. The van der Waals surface area contributed by atoms with Crippen LogP contribution in [0.25, 0.3) is 0 Å². The Hall–Kier alpha value is -9.76. The lowest BCUT2D eigenvalue weighted by molar-refractivity contribution is 0.0962. The molecule has 0 aliphatic carbocycles. The van der Waals surface area contributed by atoms with Gasteiger partial charge in [0.15, 0.2) is 0 Å². The fraction of sp³-hybridized carbons (Fsp3) is 0.131. The quantitative estimate of drug-likeness (QED) is 0.129. The zero-order chi connectivity index (χ0) is 56.0. The lowest BCUT2D eigenvalue weighted by atomic mass is 10.1. The minimum absolute atomic E-state index is 0.00503. The van der Waals surface area contributed by atoms with E-state index < -0.39 is 0 Å². The molecule has 80 heavy (non-hydrogen) atoms. The van der Waals surface area contributed by atoms with Gasteiger partial charge in [0.1, 0.15) is 35.4 Å². The molecule has 0 atom stereocenters. The van der Waals surface area contributed by atoms with Gasteiger partial charge in [-0.1, -0.05) is 0 Å². The van der Waals surface area contributed by atoms with Crippen molar-refractivity contribution in [2.24, 2.45) is 0 Å². The van der Waals surface area contributed by atoms with E-state index in [9.17, 15) is 24.3 Å². The number of anilines is 3. The van der Waals surface area contributed by atoms with E-state index in [-0.39, 0.29) is 29.4 Å². The van der Waals surface area contributed by atoms with E-state index in [1.165, 1.54) is 9.64 Å². The van der Waals surface area contributed by atoms with Gasteiger partial charge in [-0.25, -0.2) is 0 Å². The van der Waals surface area contributed by atoms with Crippen molar-refractivity contribution in [3.8, 4) is 28.7 Å². The Morgan fingerprint density at radius 1 is 0.475 bits per heavy atom. The minimum Gasteiger partial charge on any atom is -0.508 e. The van der Waals surface area contributed by atoms with E-state index in [0.717, 1.165) is 67.6 Å². The zero-order valence-electron chi connectivity index (χ0n) is 43.6. The normalized spacial score (nSPS) is 13.0. The van der Waals surface area contributed by atoms with Crippen LogP contribution in [0.5, 0.6) is 28.7 Å². The van der Waals surface area contributed by atoms with Gasteiger partial charge in [-0.3, -0.25) is 44.1 Å². The molecule has 0 spiro atoms. The highest BCUT2D eigenvalue weighted by Crippen LogP contribution is 2.33. The van der Waals surface area contributed by atoms with Gasteiger partial charge in [0.05, 0.1) is 52.9 Å². The number of carbonyl (C=O) groups is 4. The van der Waals surface area contributed by atoms with Gasteiger partial charge < -0.3 is 44.1 Å². The molecule has 2 N–H and O–H groups in total.